The Labute approximate surface area is 113 Å². The maximum absolute atomic E-state index is 14.1. The molecule has 0 radical (unpaired) electrons. The summed E-state index contributed by atoms with van der Waals surface area (Å²) in [7, 11) is 1.56. The fourth-order valence-electron chi connectivity index (χ4n) is 2.50. The monoisotopic (exact) mass is 279 g/mol. The van der Waals surface area contributed by atoms with Crippen molar-refractivity contribution in [3.8, 4) is 0 Å². The molecule has 0 unspecified atom stereocenters. The summed E-state index contributed by atoms with van der Waals surface area (Å²) >= 11 is 0. The molecule has 0 saturated heterocycles. The van der Waals surface area contributed by atoms with Gasteiger partial charge in [0.1, 0.15) is 5.82 Å². The van der Waals surface area contributed by atoms with Crippen molar-refractivity contribution in [2.45, 2.75) is 19.3 Å². The average molecular weight is 279 g/mol. The van der Waals surface area contributed by atoms with Gasteiger partial charge in [0.25, 0.3) is 0 Å². The molecule has 1 aliphatic carbocycles. The highest BCUT2D eigenvalue weighted by Crippen LogP contribution is 2.49. The highest BCUT2D eigenvalue weighted by Gasteiger charge is 2.46. The number of benzene rings is 1. The van der Waals surface area contributed by atoms with Crippen LogP contribution >= 0.6 is 0 Å². The van der Waals surface area contributed by atoms with E-state index >= 15 is 0 Å². The first-order valence-corrected chi connectivity index (χ1v) is 6.48. The summed E-state index contributed by atoms with van der Waals surface area (Å²) < 4.78 is 25.2. The zero-order valence-corrected chi connectivity index (χ0v) is 11.2. The van der Waals surface area contributed by atoms with Gasteiger partial charge in [-0.3, -0.25) is 9.36 Å². The van der Waals surface area contributed by atoms with E-state index in [9.17, 15) is 14.0 Å². The molecule has 3 rings (SSSR count). The van der Waals surface area contributed by atoms with Crippen LogP contribution in [0.4, 0.5) is 4.39 Å². The zero-order chi connectivity index (χ0) is 14.4. The predicted molar refractivity (Wildman–Crippen MR) is 68.9 cm³/mol. The van der Waals surface area contributed by atoms with Crippen LogP contribution in [0.5, 0.6) is 0 Å². The first kappa shape index (κ1) is 12.9. The first-order chi connectivity index (χ1) is 9.52. The quantitative estimate of drug-likeness (QED) is 0.805. The van der Waals surface area contributed by atoms with Crippen molar-refractivity contribution in [2.75, 3.05) is 6.61 Å². The van der Waals surface area contributed by atoms with E-state index in [-0.39, 0.29) is 23.4 Å². The number of nitrogens with zero attached hydrogens (tertiary/aromatic N) is 1. The van der Waals surface area contributed by atoms with E-state index in [4.69, 9.17) is 9.15 Å². The Hall–Kier alpha value is -2.11. The molecule has 2 atom stereocenters. The number of carbonyl (C=O) groups is 1. The van der Waals surface area contributed by atoms with E-state index in [1.54, 1.807) is 20.0 Å². The molecule has 1 aromatic heterocycles. The standard InChI is InChI=1S/C14H14FNO4/c1-3-19-13(17)9-4-7(9)8-5-11-12(6-10(8)15)20-14(18)16(11)2/h5-7,9H,3-4H2,1-2H3/t7-,9+/m1/s1. The molecule has 20 heavy (non-hydrogen) atoms. The molecule has 1 fully saturated rings. The lowest BCUT2D eigenvalue weighted by molar-refractivity contribution is -0.144. The summed E-state index contributed by atoms with van der Waals surface area (Å²) in [6, 6.07) is 2.78. The normalized spacial score (nSPS) is 21.1. The summed E-state index contributed by atoms with van der Waals surface area (Å²) in [5.74, 6) is -1.75. The Morgan fingerprint density at radius 1 is 1.55 bits per heavy atom. The number of rotatable bonds is 3. The van der Waals surface area contributed by atoms with E-state index in [0.717, 1.165) is 0 Å². The van der Waals surface area contributed by atoms with Crippen molar-refractivity contribution in [3.63, 3.8) is 0 Å². The lowest BCUT2D eigenvalue weighted by atomic mass is 10.1. The topological polar surface area (TPSA) is 61.4 Å². The van der Waals surface area contributed by atoms with Gasteiger partial charge in [-0.2, -0.15) is 0 Å². The minimum Gasteiger partial charge on any atom is -0.466 e. The molecule has 0 bridgehead atoms. The maximum Gasteiger partial charge on any atom is 0.419 e. The van der Waals surface area contributed by atoms with Crippen LogP contribution in [0.2, 0.25) is 0 Å². The van der Waals surface area contributed by atoms with E-state index in [1.807, 2.05) is 0 Å². The second-order valence-electron chi connectivity index (χ2n) is 4.97. The minimum absolute atomic E-state index is 0.177. The van der Waals surface area contributed by atoms with Gasteiger partial charge in [0.05, 0.1) is 18.0 Å². The van der Waals surface area contributed by atoms with E-state index in [1.165, 1.54) is 10.6 Å². The summed E-state index contributed by atoms with van der Waals surface area (Å²) in [5, 5.41) is 0. The van der Waals surface area contributed by atoms with Gasteiger partial charge in [-0.25, -0.2) is 9.18 Å². The van der Waals surface area contributed by atoms with E-state index < -0.39 is 11.6 Å². The SMILES string of the molecule is CCOC(=O)[C@H]1C[C@@H]1c1cc2c(cc1F)oc(=O)n2C. The summed E-state index contributed by atoms with van der Waals surface area (Å²) in [4.78, 5) is 23.0. The highest BCUT2D eigenvalue weighted by atomic mass is 19.1. The van der Waals surface area contributed by atoms with Crippen molar-refractivity contribution in [3.05, 3.63) is 34.1 Å². The van der Waals surface area contributed by atoms with Crippen molar-refractivity contribution < 1.29 is 18.3 Å². The third-order valence-corrected chi connectivity index (χ3v) is 3.69. The minimum atomic E-state index is -0.533. The third kappa shape index (κ3) is 1.92. The summed E-state index contributed by atoms with van der Waals surface area (Å²) in [6.07, 6.45) is 0.576. The molecule has 106 valence electrons. The molecule has 5 nitrogen and oxygen atoms in total. The number of ether oxygens (including phenoxy) is 1. The van der Waals surface area contributed by atoms with Crippen LogP contribution in [0.1, 0.15) is 24.8 Å². The molecule has 1 saturated carbocycles. The van der Waals surface area contributed by atoms with Gasteiger partial charge in [0.15, 0.2) is 5.58 Å². The van der Waals surface area contributed by atoms with Crippen LogP contribution in [-0.4, -0.2) is 17.1 Å². The van der Waals surface area contributed by atoms with Gasteiger partial charge in [-0.1, -0.05) is 0 Å². The smallest absolute Gasteiger partial charge is 0.419 e. The molecule has 6 heteroatoms. The predicted octanol–water partition coefficient (Wildman–Crippen LogP) is 1.94. The van der Waals surface area contributed by atoms with Crippen LogP contribution in [-0.2, 0) is 16.6 Å². The van der Waals surface area contributed by atoms with Gasteiger partial charge >= 0.3 is 11.7 Å². The van der Waals surface area contributed by atoms with Crippen LogP contribution in [0.25, 0.3) is 11.1 Å². The van der Waals surface area contributed by atoms with Gasteiger partial charge in [0, 0.05) is 19.0 Å². The molecule has 0 amide bonds. The van der Waals surface area contributed by atoms with Crippen LogP contribution < -0.4 is 5.76 Å². The van der Waals surface area contributed by atoms with Crippen molar-refractivity contribution in [2.24, 2.45) is 13.0 Å². The summed E-state index contributed by atoms with van der Waals surface area (Å²) in [5.41, 5.74) is 1.18. The number of esters is 1. The second-order valence-corrected chi connectivity index (χ2v) is 4.97. The van der Waals surface area contributed by atoms with Crippen molar-refractivity contribution in [1.82, 2.24) is 4.57 Å². The van der Waals surface area contributed by atoms with Gasteiger partial charge in [0.2, 0.25) is 0 Å². The number of oxazole rings is 1. The Kier molecular flexibility index (Phi) is 2.88. The summed E-state index contributed by atoms with van der Waals surface area (Å²) in [6.45, 7) is 2.06. The molecule has 0 N–H and O–H groups in total. The van der Waals surface area contributed by atoms with Crippen LogP contribution in [0.3, 0.4) is 0 Å². The number of aromatic nitrogens is 1. The maximum atomic E-state index is 14.1. The zero-order valence-electron chi connectivity index (χ0n) is 11.2. The fourth-order valence-corrected chi connectivity index (χ4v) is 2.50. The molecule has 0 spiro atoms. The molecular formula is C14H14FNO4. The molecular weight excluding hydrogens is 265 g/mol. The number of carbonyl (C=O) groups excluding carboxylic acids is 1. The average Bonchev–Trinajstić information content (AvgIpc) is 3.13. The van der Waals surface area contributed by atoms with E-state index in [0.29, 0.717) is 24.1 Å². The number of aryl methyl sites for hydroxylation is 1. The van der Waals surface area contributed by atoms with Gasteiger partial charge in [-0.15, -0.1) is 0 Å². The lowest BCUT2D eigenvalue weighted by Crippen LogP contribution is -2.09. The number of halogens is 1. The number of hydrogen-bond acceptors (Lipinski definition) is 4. The highest BCUT2D eigenvalue weighted by molar-refractivity contribution is 5.79. The van der Waals surface area contributed by atoms with Crippen LogP contribution in [0, 0.1) is 11.7 Å². The molecule has 2 aromatic rings. The molecule has 1 aliphatic rings. The third-order valence-electron chi connectivity index (χ3n) is 3.69. The number of fused-ring (bicyclic) bond motifs is 1. The Bertz CT molecular complexity index is 745. The fraction of sp³-hybridized carbons (Fsp3) is 0.429. The van der Waals surface area contributed by atoms with Gasteiger partial charge in [-0.05, 0) is 25.0 Å². The van der Waals surface area contributed by atoms with Crippen molar-refractivity contribution >= 4 is 17.1 Å². The van der Waals surface area contributed by atoms with Crippen molar-refractivity contribution in [1.29, 1.82) is 0 Å². The lowest BCUT2D eigenvalue weighted by Gasteiger charge is -2.03. The Morgan fingerprint density at radius 3 is 3.00 bits per heavy atom. The molecule has 1 aromatic carbocycles. The largest absolute Gasteiger partial charge is 0.466 e. The first-order valence-electron chi connectivity index (χ1n) is 6.48. The number of hydrogen-bond donors (Lipinski definition) is 0. The van der Waals surface area contributed by atoms with E-state index in [2.05, 4.69) is 0 Å². The molecule has 1 heterocycles. The van der Waals surface area contributed by atoms with Gasteiger partial charge < -0.3 is 9.15 Å². The van der Waals surface area contributed by atoms with Crippen LogP contribution in [0.15, 0.2) is 21.3 Å². The Morgan fingerprint density at radius 2 is 2.30 bits per heavy atom. The Balaban J connectivity index is 1.97. The molecule has 0 aliphatic heterocycles. The second kappa shape index (κ2) is 4.47.